The molecule has 0 aliphatic carbocycles. The average Bonchev–Trinajstić information content (AvgIpc) is 3.22. The third-order valence-corrected chi connectivity index (χ3v) is 6.04. The lowest BCUT2D eigenvalue weighted by Crippen LogP contribution is -2.30. The molecule has 162 valence electrons. The number of carbonyl (C=O) groups excluding carboxylic acids is 1. The van der Waals surface area contributed by atoms with Crippen molar-refractivity contribution in [1.82, 2.24) is 9.97 Å². The number of amides is 1. The zero-order valence-corrected chi connectivity index (χ0v) is 17.5. The highest BCUT2D eigenvalue weighted by Crippen LogP contribution is 2.36. The van der Waals surface area contributed by atoms with Gasteiger partial charge in [0.1, 0.15) is 5.01 Å². The zero-order chi connectivity index (χ0) is 21.8. The summed E-state index contributed by atoms with van der Waals surface area (Å²) in [4.78, 5) is 23.2. The van der Waals surface area contributed by atoms with Gasteiger partial charge in [-0.25, -0.2) is 4.98 Å². The molecule has 0 spiro atoms. The second-order valence-electron chi connectivity index (χ2n) is 7.39. The van der Waals surface area contributed by atoms with Gasteiger partial charge in [0.15, 0.2) is 0 Å². The number of benzene rings is 1. The normalized spacial score (nSPS) is 14.5. The van der Waals surface area contributed by atoms with Crippen LogP contribution in [0.3, 0.4) is 0 Å². The Bertz CT molecular complexity index is 1050. The van der Waals surface area contributed by atoms with E-state index in [9.17, 15) is 18.0 Å². The molecule has 1 aliphatic rings. The molecule has 0 atom stereocenters. The number of alkyl halides is 3. The SMILES string of the molecule is O=C(Cc1csc(-c2cccnc2)n1)Nc1cc(C(F)(F)F)ccc1N1CCCCC1. The Hall–Kier alpha value is -2.94. The van der Waals surface area contributed by atoms with Crippen LogP contribution in [0, 0.1) is 0 Å². The van der Waals surface area contributed by atoms with Gasteiger partial charge in [-0.3, -0.25) is 9.78 Å². The molecular formula is C22H21F3N4OS. The molecule has 1 amide bonds. The highest BCUT2D eigenvalue weighted by molar-refractivity contribution is 7.13. The molecule has 5 nitrogen and oxygen atoms in total. The van der Waals surface area contributed by atoms with Crippen LogP contribution < -0.4 is 10.2 Å². The van der Waals surface area contributed by atoms with E-state index >= 15 is 0 Å². The van der Waals surface area contributed by atoms with E-state index in [0.717, 1.165) is 55.1 Å². The van der Waals surface area contributed by atoms with E-state index in [1.165, 1.54) is 17.4 Å². The number of aromatic nitrogens is 2. The van der Waals surface area contributed by atoms with Crippen LogP contribution >= 0.6 is 11.3 Å². The molecule has 0 bridgehead atoms. The van der Waals surface area contributed by atoms with E-state index in [1.54, 1.807) is 23.8 Å². The van der Waals surface area contributed by atoms with Crippen molar-refractivity contribution >= 4 is 28.6 Å². The number of thiazole rings is 1. The Morgan fingerprint density at radius 3 is 2.68 bits per heavy atom. The van der Waals surface area contributed by atoms with Gasteiger partial charge in [0.05, 0.1) is 29.1 Å². The Morgan fingerprint density at radius 2 is 1.97 bits per heavy atom. The van der Waals surface area contributed by atoms with Gasteiger partial charge >= 0.3 is 6.18 Å². The summed E-state index contributed by atoms with van der Waals surface area (Å²) < 4.78 is 39.8. The first-order valence-electron chi connectivity index (χ1n) is 10.0. The lowest BCUT2D eigenvalue weighted by Gasteiger charge is -2.31. The van der Waals surface area contributed by atoms with Crippen LogP contribution in [0.2, 0.25) is 0 Å². The minimum atomic E-state index is -4.48. The fraction of sp³-hybridized carbons (Fsp3) is 0.318. The quantitative estimate of drug-likeness (QED) is 0.571. The molecule has 4 rings (SSSR count). The number of hydrogen-bond acceptors (Lipinski definition) is 5. The smallest absolute Gasteiger partial charge is 0.370 e. The third kappa shape index (κ3) is 5.22. The summed E-state index contributed by atoms with van der Waals surface area (Å²) in [5.74, 6) is -0.402. The van der Waals surface area contributed by atoms with Gasteiger partial charge in [-0.2, -0.15) is 13.2 Å². The monoisotopic (exact) mass is 446 g/mol. The Labute approximate surface area is 182 Å². The summed E-state index contributed by atoms with van der Waals surface area (Å²) in [6.07, 6.45) is 1.91. The van der Waals surface area contributed by atoms with E-state index < -0.39 is 17.6 Å². The van der Waals surface area contributed by atoms with Crippen LogP contribution in [-0.2, 0) is 17.4 Å². The summed E-state index contributed by atoms with van der Waals surface area (Å²) in [5, 5.41) is 5.21. The van der Waals surface area contributed by atoms with Gasteiger partial charge in [-0.1, -0.05) is 0 Å². The second-order valence-corrected chi connectivity index (χ2v) is 8.25. The van der Waals surface area contributed by atoms with Crippen LogP contribution in [0.1, 0.15) is 30.5 Å². The van der Waals surface area contributed by atoms with Crippen LogP contribution in [0.5, 0.6) is 0 Å². The van der Waals surface area contributed by atoms with Crippen molar-refractivity contribution in [1.29, 1.82) is 0 Å². The number of carbonyl (C=O) groups is 1. The first kappa shape index (κ1) is 21.3. The van der Waals surface area contributed by atoms with E-state index in [4.69, 9.17) is 0 Å². The maximum atomic E-state index is 13.3. The number of anilines is 2. The number of pyridine rings is 1. The van der Waals surface area contributed by atoms with E-state index in [2.05, 4.69) is 15.3 Å². The Morgan fingerprint density at radius 1 is 1.16 bits per heavy atom. The number of halogens is 3. The number of nitrogens with one attached hydrogen (secondary N) is 1. The third-order valence-electron chi connectivity index (χ3n) is 5.10. The number of hydrogen-bond donors (Lipinski definition) is 1. The molecule has 3 heterocycles. The lowest BCUT2D eigenvalue weighted by atomic mass is 10.1. The summed E-state index contributed by atoms with van der Waals surface area (Å²) in [7, 11) is 0. The molecule has 31 heavy (non-hydrogen) atoms. The van der Waals surface area contributed by atoms with Crippen molar-refractivity contribution in [2.75, 3.05) is 23.3 Å². The van der Waals surface area contributed by atoms with Gasteiger partial charge in [0.2, 0.25) is 5.91 Å². The van der Waals surface area contributed by atoms with Crippen molar-refractivity contribution in [2.24, 2.45) is 0 Å². The van der Waals surface area contributed by atoms with Crippen LogP contribution in [-0.4, -0.2) is 29.0 Å². The molecular weight excluding hydrogens is 425 g/mol. The number of rotatable bonds is 5. The van der Waals surface area contributed by atoms with Gasteiger partial charge < -0.3 is 10.2 Å². The first-order valence-corrected chi connectivity index (χ1v) is 10.9. The van der Waals surface area contributed by atoms with Crippen LogP contribution in [0.25, 0.3) is 10.6 Å². The molecule has 3 aromatic rings. The fourth-order valence-electron chi connectivity index (χ4n) is 3.59. The summed E-state index contributed by atoms with van der Waals surface area (Å²) in [5.41, 5.74) is 1.44. The molecule has 2 aromatic heterocycles. The molecule has 1 saturated heterocycles. The fourth-order valence-corrected chi connectivity index (χ4v) is 4.40. The standard InChI is InChI=1S/C22H21F3N4OS/c23-22(24,25)16-6-7-19(29-9-2-1-3-10-29)18(11-16)28-20(30)12-17-14-31-21(27-17)15-5-4-8-26-13-15/h4-8,11,13-14H,1-3,9-10,12H2,(H,28,30). The maximum Gasteiger partial charge on any atom is 0.416 e. The maximum absolute atomic E-state index is 13.3. The Kier molecular flexibility index (Phi) is 6.22. The number of nitrogens with zero attached hydrogens (tertiary/aromatic N) is 3. The Balaban J connectivity index is 1.53. The van der Waals surface area contributed by atoms with Crippen molar-refractivity contribution in [3.05, 3.63) is 59.4 Å². The minimum absolute atomic E-state index is 0.0214. The van der Waals surface area contributed by atoms with Crippen molar-refractivity contribution in [2.45, 2.75) is 31.9 Å². The van der Waals surface area contributed by atoms with Crippen molar-refractivity contribution in [3.8, 4) is 10.6 Å². The van der Waals surface area contributed by atoms with Gasteiger partial charge in [-0.05, 0) is 49.6 Å². The molecule has 1 aromatic carbocycles. The molecule has 9 heteroatoms. The van der Waals surface area contributed by atoms with Gasteiger partial charge in [0.25, 0.3) is 0 Å². The summed E-state index contributed by atoms with van der Waals surface area (Å²) >= 11 is 1.39. The largest absolute Gasteiger partial charge is 0.416 e. The van der Waals surface area contributed by atoms with E-state index in [1.807, 2.05) is 11.0 Å². The predicted molar refractivity (Wildman–Crippen MR) is 115 cm³/mol. The molecule has 1 fully saturated rings. The van der Waals surface area contributed by atoms with Crippen molar-refractivity contribution in [3.63, 3.8) is 0 Å². The number of piperidine rings is 1. The highest BCUT2D eigenvalue weighted by Gasteiger charge is 2.32. The predicted octanol–water partition coefficient (Wildman–Crippen LogP) is 5.40. The molecule has 0 saturated carbocycles. The van der Waals surface area contributed by atoms with E-state index in [-0.39, 0.29) is 12.1 Å². The van der Waals surface area contributed by atoms with Crippen molar-refractivity contribution < 1.29 is 18.0 Å². The van der Waals surface area contributed by atoms with Gasteiger partial charge in [-0.15, -0.1) is 11.3 Å². The zero-order valence-electron chi connectivity index (χ0n) is 16.7. The summed E-state index contributed by atoms with van der Waals surface area (Å²) in [6, 6.07) is 7.22. The second kappa shape index (κ2) is 9.05. The molecule has 1 N–H and O–H groups in total. The topological polar surface area (TPSA) is 58.1 Å². The molecule has 0 unspecified atom stereocenters. The average molecular weight is 446 g/mol. The first-order chi connectivity index (χ1) is 14.9. The molecule has 1 aliphatic heterocycles. The lowest BCUT2D eigenvalue weighted by molar-refractivity contribution is -0.137. The molecule has 0 radical (unpaired) electrons. The summed E-state index contributed by atoms with van der Waals surface area (Å²) in [6.45, 7) is 1.52. The van der Waals surface area contributed by atoms with Gasteiger partial charge in [0, 0.05) is 36.4 Å². The van der Waals surface area contributed by atoms with Crippen LogP contribution in [0.4, 0.5) is 24.5 Å². The van der Waals surface area contributed by atoms with Crippen LogP contribution in [0.15, 0.2) is 48.1 Å². The minimum Gasteiger partial charge on any atom is -0.370 e. The highest BCUT2D eigenvalue weighted by atomic mass is 32.1. The van der Waals surface area contributed by atoms with E-state index in [0.29, 0.717) is 11.4 Å².